The lowest BCUT2D eigenvalue weighted by molar-refractivity contribution is -0.384. The Hall–Kier alpha value is -3.79. The summed E-state index contributed by atoms with van der Waals surface area (Å²) in [5.41, 5.74) is 2.08. The molecule has 0 radical (unpaired) electrons. The number of carbonyl (C=O) groups is 1. The second-order valence-electron chi connectivity index (χ2n) is 7.75. The first-order valence-electron chi connectivity index (χ1n) is 10.5. The molecule has 0 bridgehead atoms. The van der Waals surface area contributed by atoms with E-state index in [1.54, 1.807) is 38.5 Å². The number of non-ortho nitro benzene ring substituents is 1. The molecule has 0 atom stereocenters. The van der Waals surface area contributed by atoms with Crippen LogP contribution >= 0.6 is 0 Å². The van der Waals surface area contributed by atoms with Gasteiger partial charge in [-0.3, -0.25) is 19.8 Å². The number of aromatic nitrogens is 1. The van der Waals surface area contributed by atoms with E-state index in [-0.39, 0.29) is 11.6 Å². The minimum Gasteiger partial charge on any atom is -0.493 e. The maximum absolute atomic E-state index is 13.1. The van der Waals surface area contributed by atoms with Crippen molar-refractivity contribution in [2.45, 2.75) is 6.54 Å². The standard InChI is InChI=1S/C23H26N4O6/c1-31-20-7-4-15(21(32-2)22(20)33-3)14-25-8-10-26(11-9-25)23(28)18-13-24-19-6-5-16(27(29)30)12-17(18)19/h4-7,12-13,24H,8-11,14H2,1-3H3. The number of piperazine rings is 1. The van der Waals surface area contributed by atoms with Crippen LogP contribution in [-0.4, -0.2) is 73.1 Å². The highest BCUT2D eigenvalue weighted by atomic mass is 16.6. The summed E-state index contributed by atoms with van der Waals surface area (Å²) in [6, 6.07) is 8.30. The van der Waals surface area contributed by atoms with E-state index in [1.807, 2.05) is 12.1 Å². The third-order valence-electron chi connectivity index (χ3n) is 5.95. The molecular formula is C23H26N4O6. The summed E-state index contributed by atoms with van der Waals surface area (Å²) in [5.74, 6) is 1.66. The fourth-order valence-electron chi connectivity index (χ4n) is 4.21. The third-order valence-corrected chi connectivity index (χ3v) is 5.95. The van der Waals surface area contributed by atoms with Crippen LogP contribution in [-0.2, 0) is 6.54 Å². The molecule has 3 aromatic rings. The summed E-state index contributed by atoms with van der Waals surface area (Å²) in [6.07, 6.45) is 1.62. The zero-order chi connectivity index (χ0) is 23.5. The van der Waals surface area contributed by atoms with Gasteiger partial charge in [-0.15, -0.1) is 0 Å². The molecule has 4 rings (SSSR count). The maximum atomic E-state index is 13.1. The Balaban J connectivity index is 1.46. The van der Waals surface area contributed by atoms with E-state index in [0.29, 0.717) is 66.4 Å². The molecule has 1 fully saturated rings. The number of fused-ring (bicyclic) bond motifs is 1. The zero-order valence-corrected chi connectivity index (χ0v) is 18.8. The minimum atomic E-state index is -0.456. The van der Waals surface area contributed by atoms with E-state index in [2.05, 4.69) is 9.88 Å². The van der Waals surface area contributed by atoms with Gasteiger partial charge in [0.25, 0.3) is 11.6 Å². The van der Waals surface area contributed by atoms with Gasteiger partial charge in [0.1, 0.15) is 0 Å². The van der Waals surface area contributed by atoms with Gasteiger partial charge in [-0.2, -0.15) is 0 Å². The number of amides is 1. The number of H-pyrrole nitrogens is 1. The number of nitro benzene ring substituents is 1. The summed E-state index contributed by atoms with van der Waals surface area (Å²) in [7, 11) is 4.76. The van der Waals surface area contributed by atoms with Gasteiger partial charge < -0.3 is 24.1 Å². The lowest BCUT2D eigenvalue weighted by Crippen LogP contribution is -2.48. The highest BCUT2D eigenvalue weighted by Crippen LogP contribution is 2.40. The van der Waals surface area contributed by atoms with Crippen LogP contribution < -0.4 is 14.2 Å². The van der Waals surface area contributed by atoms with E-state index >= 15 is 0 Å². The first kappa shape index (κ1) is 22.4. The smallest absolute Gasteiger partial charge is 0.270 e. The fraction of sp³-hybridized carbons (Fsp3) is 0.348. The molecule has 0 spiro atoms. The Labute approximate surface area is 190 Å². The maximum Gasteiger partial charge on any atom is 0.270 e. The Morgan fingerprint density at radius 3 is 2.39 bits per heavy atom. The van der Waals surface area contributed by atoms with Gasteiger partial charge in [0, 0.05) is 67.5 Å². The quantitative estimate of drug-likeness (QED) is 0.432. The van der Waals surface area contributed by atoms with Crippen molar-refractivity contribution in [2.24, 2.45) is 0 Å². The van der Waals surface area contributed by atoms with Crippen LogP contribution in [0.2, 0.25) is 0 Å². The summed E-state index contributed by atoms with van der Waals surface area (Å²) in [4.78, 5) is 30.9. The molecule has 1 aromatic heterocycles. The van der Waals surface area contributed by atoms with E-state index in [1.165, 1.54) is 12.1 Å². The number of rotatable bonds is 7. The van der Waals surface area contributed by atoms with Crippen molar-refractivity contribution in [1.82, 2.24) is 14.8 Å². The Morgan fingerprint density at radius 1 is 1.03 bits per heavy atom. The van der Waals surface area contributed by atoms with Crippen LogP contribution in [0.25, 0.3) is 10.9 Å². The molecule has 2 heterocycles. The largest absolute Gasteiger partial charge is 0.493 e. The van der Waals surface area contributed by atoms with E-state index in [4.69, 9.17) is 14.2 Å². The average molecular weight is 454 g/mol. The number of hydrogen-bond acceptors (Lipinski definition) is 7. The van der Waals surface area contributed by atoms with Crippen LogP contribution in [0.4, 0.5) is 5.69 Å². The second kappa shape index (κ2) is 9.37. The molecular weight excluding hydrogens is 428 g/mol. The number of aromatic amines is 1. The van der Waals surface area contributed by atoms with Gasteiger partial charge >= 0.3 is 0 Å². The molecule has 1 saturated heterocycles. The first-order valence-corrected chi connectivity index (χ1v) is 10.5. The normalized spacial score (nSPS) is 14.3. The Bertz CT molecular complexity index is 1180. The van der Waals surface area contributed by atoms with Crippen molar-refractivity contribution < 1.29 is 23.9 Å². The fourth-order valence-corrected chi connectivity index (χ4v) is 4.21. The van der Waals surface area contributed by atoms with E-state index < -0.39 is 4.92 Å². The monoisotopic (exact) mass is 454 g/mol. The molecule has 0 saturated carbocycles. The number of ether oxygens (including phenoxy) is 3. The molecule has 33 heavy (non-hydrogen) atoms. The zero-order valence-electron chi connectivity index (χ0n) is 18.8. The van der Waals surface area contributed by atoms with E-state index in [0.717, 1.165) is 5.56 Å². The van der Waals surface area contributed by atoms with Crippen molar-refractivity contribution in [3.8, 4) is 17.2 Å². The summed E-state index contributed by atoms with van der Waals surface area (Å²) in [5, 5.41) is 11.7. The lowest BCUT2D eigenvalue weighted by atomic mass is 10.1. The van der Waals surface area contributed by atoms with Crippen LogP contribution in [0.1, 0.15) is 15.9 Å². The predicted octanol–water partition coefficient (Wildman–Crippen LogP) is 3.06. The van der Waals surface area contributed by atoms with Crippen molar-refractivity contribution in [3.63, 3.8) is 0 Å². The number of carbonyl (C=O) groups excluding carboxylic acids is 1. The van der Waals surface area contributed by atoms with Gasteiger partial charge in [0.15, 0.2) is 11.5 Å². The molecule has 0 unspecified atom stereocenters. The Morgan fingerprint density at radius 2 is 1.76 bits per heavy atom. The highest BCUT2D eigenvalue weighted by Gasteiger charge is 2.26. The minimum absolute atomic E-state index is 0.0372. The van der Waals surface area contributed by atoms with Crippen LogP contribution in [0.15, 0.2) is 36.5 Å². The molecule has 174 valence electrons. The number of methoxy groups -OCH3 is 3. The highest BCUT2D eigenvalue weighted by molar-refractivity contribution is 6.07. The summed E-state index contributed by atoms with van der Waals surface area (Å²) in [6.45, 7) is 3.12. The molecule has 0 aliphatic carbocycles. The molecule has 1 aliphatic heterocycles. The molecule has 1 N–H and O–H groups in total. The first-order chi connectivity index (χ1) is 16.0. The van der Waals surface area contributed by atoms with Crippen molar-refractivity contribution in [2.75, 3.05) is 47.5 Å². The molecule has 10 heteroatoms. The summed E-state index contributed by atoms with van der Waals surface area (Å²) >= 11 is 0. The number of benzene rings is 2. The van der Waals surface area contributed by atoms with Crippen LogP contribution in [0, 0.1) is 10.1 Å². The number of nitro groups is 1. The van der Waals surface area contributed by atoms with Gasteiger partial charge in [-0.25, -0.2) is 0 Å². The SMILES string of the molecule is COc1ccc(CN2CCN(C(=O)c3c[nH]c4ccc([N+](=O)[O-])cc34)CC2)c(OC)c1OC. The molecule has 1 aliphatic rings. The van der Waals surface area contributed by atoms with Crippen molar-refractivity contribution >= 4 is 22.5 Å². The topological polar surface area (TPSA) is 110 Å². The number of hydrogen-bond donors (Lipinski definition) is 1. The van der Waals surface area contributed by atoms with E-state index in [9.17, 15) is 14.9 Å². The van der Waals surface area contributed by atoms with Gasteiger partial charge in [-0.05, 0) is 12.1 Å². The summed E-state index contributed by atoms with van der Waals surface area (Å²) < 4.78 is 16.4. The third kappa shape index (κ3) is 4.29. The van der Waals surface area contributed by atoms with Gasteiger partial charge in [0.2, 0.25) is 5.75 Å². The van der Waals surface area contributed by atoms with Crippen LogP contribution in [0.5, 0.6) is 17.2 Å². The van der Waals surface area contributed by atoms with Gasteiger partial charge in [0.05, 0.1) is 31.8 Å². The number of nitrogens with one attached hydrogen (secondary N) is 1. The molecule has 10 nitrogen and oxygen atoms in total. The molecule has 1 amide bonds. The van der Waals surface area contributed by atoms with Crippen molar-refractivity contribution in [3.05, 3.63) is 57.8 Å². The number of nitrogens with zero attached hydrogens (tertiary/aromatic N) is 3. The Kier molecular flexibility index (Phi) is 6.36. The van der Waals surface area contributed by atoms with Crippen LogP contribution in [0.3, 0.4) is 0 Å². The second-order valence-corrected chi connectivity index (χ2v) is 7.75. The molecule has 2 aromatic carbocycles. The van der Waals surface area contributed by atoms with Crippen molar-refractivity contribution in [1.29, 1.82) is 0 Å². The lowest BCUT2D eigenvalue weighted by Gasteiger charge is -2.35. The van der Waals surface area contributed by atoms with Gasteiger partial charge in [-0.1, -0.05) is 6.07 Å². The average Bonchev–Trinajstić information content (AvgIpc) is 3.26. The predicted molar refractivity (Wildman–Crippen MR) is 122 cm³/mol.